The van der Waals surface area contributed by atoms with Gasteiger partial charge in [0.05, 0.1) is 28.4 Å². The highest BCUT2D eigenvalue weighted by Crippen LogP contribution is 2.31. The first kappa shape index (κ1) is 22.5. The predicted molar refractivity (Wildman–Crippen MR) is 134 cm³/mol. The van der Waals surface area contributed by atoms with Crippen LogP contribution in [0.2, 0.25) is 0 Å². The summed E-state index contributed by atoms with van der Waals surface area (Å²) in [6.07, 6.45) is 12.8. The molecular formula is C26H27N5O2S. The van der Waals surface area contributed by atoms with Crippen molar-refractivity contribution in [2.24, 2.45) is 5.92 Å². The number of rotatable bonds is 7. The molecule has 1 N–H and O–H groups in total. The van der Waals surface area contributed by atoms with E-state index >= 15 is 0 Å². The van der Waals surface area contributed by atoms with Crippen LogP contribution in [-0.4, -0.2) is 43.9 Å². The van der Waals surface area contributed by atoms with E-state index in [2.05, 4.69) is 37.0 Å². The van der Waals surface area contributed by atoms with Gasteiger partial charge in [-0.05, 0) is 85.7 Å². The van der Waals surface area contributed by atoms with Crippen molar-refractivity contribution in [2.75, 3.05) is 18.0 Å². The number of allylic oxidation sites excluding steroid dienone is 1. The van der Waals surface area contributed by atoms with Crippen molar-refractivity contribution >= 4 is 34.7 Å². The molecule has 0 aliphatic carbocycles. The van der Waals surface area contributed by atoms with Crippen molar-refractivity contribution in [3.8, 4) is 11.4 Å². The second-order valence-electron chi connectivity index (χ2n) is 8.78. The van der Waals surface area contributed by atoms with Gasteiger partial charge in [0.2, 0.25) is 11.1 Å². The van der Waals surface area contributed by atoms with Gasteiger partial charge in [-0.15, -0.1) is 0 Å². The first-order valence-electron chi connectivity index (χ1n) is 11.8. The maximum absolute atomic E-state index is 11.9. The summed E-state index contributed by atoms with van der Waals surface area (Å²) in [5.41, 5.74) is 4.09. The average molecular weight is 474 g/mol. The van der Waals surface area contributed by atoms with Crippen LogP contribution >= 0.6 is 11.8 Å². The third-order valence-electron chi connectivity index (χ3n) is 6.45. The third kappa shape index (κ3) is 5.28. The number of aryl methyl sites for hydroxylation is 1. The number of carbonyl (C=O) groups excluding carboxylic acids is 2. The Hall–Kier alpha value is -3.26. The van der Waals surface area contributed by atoms with Gasteiger partial charge in [-0.25, -0.2) is 9.97 Å². The Morgan fingerprint density at radius 3 is 2.74 bits per heavy atom. The summed E-state index contributed by atoms with van der Waals surface area (Å²) in [4.78, 5) is 43.0. The number of aromatic nitrogens is 4. The number of aromatic amines is 1. The quantitative estimate of drug-likeness (QED) is 0.393. The number of ketones is 1. The molecule has 8 heteroatoms. The monoisotopic (exact) mass is 473 g/mol. The van der Waals surface area contributed by atoms with E-state index < -0.39 is 0 Å². The molecule has 0 radical (unpaired) electrons. The normalized spacial score (nSPS) is 18.2. The molecular weight excluding hydrogens is 446 g/mol. The molecule has 0 saturated carbocycles. The van der Waals surface area contributed by atoms with Crippen LogP contribution < -0.4 is 4.90 Å². The highest BCUT2D eigenvalue weighted by Gasteiger charge is 2.26. The number of hydrogen-bond donors (Lipinski definition) is 1. The Morgan fingerprint density at radius 2 is 1.97 bits per heavy atom. The van der Waals surface area contributed by atoms with Crippen LogP contribution in [0.3, 0.4) is 0 Å². The lowest BCUT2D eigenvalue weighted by Gasteiger charge is -2.32. The summed E-state index contributed by atoms with van der Waals surface area (Å²) < 4.78 is 0. The van der Waals surface area contributed by atoms with Crippen molar-refractivity contribution in [3.63, 3.8) is 0 Å². The predicted octanol–water partition coefficient (Wildman–Crippen LogP) is 4.68. The zero-order chi connectivity index (χ0) is 23.3. The van der Waals surface area contributed by atoms with Crippen molar-refractivity contribution in [1.29, 1.82) is 0 Å². The van der Waals surface area contributed by atoms with Crippen molar-refractivity contribution in [1.82, 2.24) is 19.9 Å². The lowest BCUT2D eigenvalue weighted by atomic mass is 9.90. The van der Waals surface area contributed by atoms with Crippen LogP contribution in [0.5, 0.6) is 0 Å². The molecule has 0 bridgehead atoms. The van der Waals surface area contributed by atoms with Crippen LogP contribution in [0.4, 0.5) is 5.95 Å². The lowest BCUT2D eigenvalue weighted by molar-refractivity contribution is -0.119. The third-order valence-corrected chi connectivity index (χ3v) is 7.38. The minimum absolute atomic E-state index is 0.0178. The van der Waals surface area contributed by atoms with Gasteiger partial charge < -0.3 is 9.88 Å². The van der Waals surface area contributed by atoms with Crippen LogP contribution in [0, 0.1) is 5.92 Å². The van der Waals surface area contributed by atoms with Gasteiger partial charge in [0.15, 0.2) is 5.78 Å². The summed E-state index contributed by atoms with van der Waals surface area (Å²) in [6, 6.07) is 10.0. The second-order valence-corrected chi connectivity index (χ2v) is 9.88. The molecule has 3 aromatic heterocycles. The second kappa shape index (κ2) is 10.3. The van der Waals surface area contributed by atoms with Crippen molar-refractivity contribution in [3.05, 3.63) is 65.1 Å². The molecule has 5 rings (SSSR count). The summed E-state index contributed by atoms with van der Waals surface area (Å²) in [5.74, 6) is 1.27. The van der Waals surface area contributed by atoms with Crippen LogP contribution in [0.15, 0.2) is 53.8 Å². The zero-order valence-electron chi connectivity index (χ0n) is 18.9. The van der Waals surface area contributed by atoms with Gasteiger partial charge in [0, 0.05) is 31.7 Å². The summed E-state index contributed by atoms with van der Waals surface area (Å²) in [7, 11) is 0. The lowest BCUT2D eigenvalue weighted by Crippen LogP contribution is -2.35. The fraction of sp³-hybridized carbons (Fsp3) is 0.346. The number of thioether (sulfide) groups is 1. The van der Waals surface area contributed by atoms with E-state index in [1.54, 1.807) is 18.3 Å². The van der Waals surface area contributed by atoms with Crippen molar-refractivity contribution < 1.29 is 9.59 Å². The van der Waals surface area contributed by atoms with Gasteiger partial charge in [0.1, 0.15) is 0 Å². The Bertz CT molecular complexity index is 1200. The number of pyridine rings is 1. The maximum atomic E-state index is 11.9. The number of piperidine rings is 1. The molecule has 0 aromatic carbocycles. The molecule has 2 aliphatic rings. The van der Waals surface area contributed by atoms with Gasteiger partial charge in [-0.1, -0.05) is 6.07 Å². The van der Waals surface area contributed by atoms with Crippen LogP contribution in [0.1, 0.15) is 43.4 Å². The maximum Gasteiger partial charge on any atom is 0.225 e. The summed E-state index contributed by atoms with van der Waals surface area (Å²) in [5, 5.41) is -0.100. The zero-order valence-corrected chi connectivity index (χ0v) is 19.8. The van der Waals surface area contributed by atoms with Crippen LogP contribution in [0.25, 0.3) is 17.5 Å². The van der Waals surface area contributed by atoms with E-state index in [1.807, 2.05) is 24.5 Å². The number of hydrogen-bond acceptors (Lipinski definition) is 7. The van der Waals surface area contributed by atoms with E-state index in [0.717, 1.165) is 61.9 Å². The highest BCUT2D eigenvalue weighted by atomic mass is 32.2. The number of carbonyl (C=O) groups is 2. The molecule has 0 amide bonds. The molecule has 0 unspecified atom stereocenters. The smallest absolute Gasteiger partial charge is 0.225 e. The SMILES string of the molecule is O=C1CC(=O)/C(=C/c2ccnc(N3CCC(CCCc4cccnc4-c4ccc[nH]4)CC3)n2)S1. The largest absolute Gasteiger partial charge is 0.360 e. The number of nitrogens with one attached hydrogen (secondary N) is 1. The number of anilines is 1. The van der Waals surface area contributed by atoms with Gasteiger partial charge in [0.25, 0.3) is 0 Å². The molecule has 2 saturated heterocycles. The summed E-state index contributed by atoms with van der Waals surface area (Å²) in [6.45, 7) is 1.86. The number of Topliss-reactive ketones (excluding diaryl/α,β-unsaturated/α-hetero) is 1. The highest BCUT2D eigenvalue weighted by molar-refractivity contribution is 8.18. The molecule has 3 aromatic rings. The number of nitrogens with zero attached hydrogens (tertiary/aromatic N) is 4. The first-order chi connectivity index (χ1) is 16.7. The summed E-state index contributed by atoms with van der Waals surface area (Å²) >= 11 is 1.01. The van der Waals surface area contributed by atoms with Gasteiger partial charge in [-0.2, -0.15) is 0 Å². The fourth-order valence-electron chi connectivity index (χ4n) is 4.64. The molecule has 34 heavy (non-hydrogen) atoms. The van der Waals surface area contributed by atoms with Gasteiger partial charge >= 0.3 is 0 Å². The fourth-order valence-corrected chi connectivity index (χ4v) is 5.45. The van der Waals surface area contributed by atoms with Crippen molar-refractivity contribution in [2.45, 2.75) is 38.5 Å². The molecule has 2 aliphatic heterocycles. The molecule has 0 spiro atoms. The standard InChI is InChI=1S/C26H27N5O2S/c32-22-17-24(33)34-23(22)16-20-8-13-29-26(30-20)31-14-9-18(10-15-31)4-1-5-19-6-2-12-28-25(19)21-7-3-11-27-21/h2-3,6-8,11-13,16,18,27H,1,4-5,9-10,14-15,17H2/b23-16-. The van der Waals surface area contributed by atoms with E-state index in [4.69, 9.17) is 0 Å². The van der Waals surface area contributed by atoms with E-state index in [0.29, 0.717) is 22.5 Å². The molecule has 2 fully saturated rings. The Balaban J connectivity index is 1.13. The number of H-pyrrole nitrogens is 1. The van der Waals surface area contributed by atoms with E-state index in [1.165, 1.54) is 12.0 Å². The Kier molecular flexibility index (Phi) is 6.85. The Morgan fingerprint density at radius 1 is 1.09 bits per heavy atom. The molecule has 5 heterocycles. The van der Waals surface area contributed by atoms with E-state index in [-0.39, 0.29) is 17.3 Å². The van der Waals surface area contributed by atoms with Gasteiger partial charge in [-0.3, -0.25) is 14.6 Å². The molecule has 174 valence electrons. The molecule has 0 atom stereocenters. The topological polar surface area (TPSA) is 91.8 Å². The average Bonchev–Trinajstić information content (AvgIpc) is 3.50. The van der Waals surface area contributed by atoms with E-state index in [9.17, 15) is 9.59 Å². The minimum Gasteiger partial charge on any atom is -0.360 e. The van der Waals surface area contributed by atoms with Crippen LogP contribution in [-0.2, 0) is 16.0 Å². The molecule has 7 nitrogen and oxygen atoms in total. The first-order valence-corrected chi connectivity index (χ1v) is 12.6. The Labute approximate surface area is 203 Å². The minimum atomic E-state index is -0.123.